The number of rotatable bonds is 6. The Bertz CT molecular complexity index is 942. The van der Waals surface area contributed by atoms with Crippen LogP contribution in [0.2, 0.25) is 0 Å². The van der Waals surface area contributed by atoms with Gasteiger partial charge in [0, 0.05) is 18.0 Å². The number of halogens is 5. The number of hydrogen-bond donors (Lipinski definition) is 3. The molecule has 1 amide bonds. The molecular weight excluding hydrogens is 421 g/mol. The molecule has 0 bridgehead atoms. The molecule has 31 heavy (non-hydrogen) atoms. The lowest BCUT2D eigenvalue weighted by Crippen LogP contribution is -2.42. The maximum atomic E-state index is 13.8. The fourth-order valence-electron chi connectivity index (χ4n) is 2.87. The van der Waals surface area contributed by atoms with Gasteiger partial charge < -0.3 is 16.2 Å². The highest BCUT2D eigenvalue weighted by molar-refractivity contribution is 5.95. The maximum Gasteiger partial charge on any atom is 0.433 e. The summed E-state index contributed by atoms with van der Waals surface area (Å²) in [7, 11) is 0. The normalized spacial score (nSPS) is 14.3. The van der Waals surface area contributed by atoms with Crippen LogP contribution in [0.15, 0.2) is 30.3 Å². The molecule has 2 aromatic rings. The summed E-state index contributed by atoms with van der Waals surface area (Å²) in [6, 6.07) is 3.27. The van der Waals surface area contributed by atoms with Gasteiger partial charge in [0.25, 0.3) is 5.91 Å². The Kier molecular flexibility index (Phi) is 7.38. The fourth-order valence-corrected chi connectivity index (χ4v) is 2.87. The number of carbonyl (C=O) groups is 1. The lowest BCUT2D eigenvalue weighted by atomic mass is 9.96. The first-order valence-electron chi connectivity index (χ1n) is 9.44. The predicted octanol–water partition coefficient (Wildman–Crippen LogP) is 3.38. The molecule has 0 fully saturated rings. The zero-order chi connectivity index (χ0) is 23.6. The predicted molar refractivity (Wildman–Crippen MR) is 104 cm³/mol. The number of alkyl halides is 3. The van der Waals surface area contributed by atoms with Crippen molar-refractivity contribution >= 4 is 5.91 Å². The number of aliphatic hydroxyl groups excluding tert-OH is 1. The minimum Gasteiger partial charge on any atom is -0.391 e. The number of hydrogen-bond acceptors (Lipinski definition) is 4. The van der Waals surface area contributed by atoms with Crippen molar-refractivity contribution in [3.63, 3.8) is 0 Å². The van der Waals surface area contributed by atoms with E-state index in [9.17, 15) is 31.9 Å². The highest BCUT2D eigenvalue weighted by Crippen LogP contribution is 2.29. The van der Waals surface area contributed by atoms with Gasteiger partial charge in [-0.05, 0) is 63.1 Å². The maximum absolute atomic E-state index is 13.8. The Morgan fingerprint density at radius 1 is 1.13 bits per heavy atom. The number of carbonyl (C=O) groups excluding carboxylic acids is 1. The van der Waals surface area contributed by atoms with Crippen LogP contribution in [0.3, 0.4) is 0 Å². The van der Waals surface area contributed by atoms with Crippen LogP contribution in [-0.2, 0) is 19.0 Å². The standard InChI is InChI=1S/C21H24F5N3O2/c1-20(2,3)29-19(31)13-5-7-18(21(24,25)26)28-16(13)10-17(30)15(27)9-11-8-12(22)4-6-14(11)23/h4-8,15,17,30H,9-10,27H2,1-3H3,(H,29,31). The molecule has 0 saturated carbocycles. The van der Waals surface area contributed by atoms with Crippen molar-refractivity contribution in [3.05, 3.63) is 64.5 Å². The van der Waals surface area contributed by atoms with Crippen LogP contribution in [0.5, 0.6) is 0 Å². The van der Waals surface area contributed by atoms with Crippen LogP contribution in [0.4, 0.5) is 22.0 Å². The molecule has 1 heterocycles. The van der Waals surface area contributed by atoms with Gasteiger partial charge >= 0.3 is 6.18 Å². The summed E-state index contributed by atoms with van der Waals surface area (Å²) in [6.07, 6.45) is -6.99. The van der Waals surface area contributed by atoms with E-state index in [1.807, 2.05) is 0 Å². The van der Waals surface area contributed by atoms with Crippen molar-refractivity contribution < 1.29 is 31.9 Å². The number of nitrogens with zero attached hydrogens (tertiary/aromatic N) is 1. The van der Waals surface area contributed by atoms with Crippen LogP contribution < -0.4 is 11.1 Å². The second-order valence-corrected chi connectivity index (χ2v) is 8.27. The molecule has 10 heteroatoms. The second kappa shape index (κ2) is 9.27. The molecule has 0 saturated heterocycles. The number of amides is 1. The smallest absolute Gasteiger partial charge is 0.391 e. The quantitative estimate of drug-likeness (QED) is 0.595. The number of aliphatic hydroxyl groups is 1. The van der Waals surface area contributed by atoms with E-state index in [1.165, 1.54) is 0 Å². The Balaban J connectivity index is 2.31. The van der Waals surface area contributed by atoms with Gasteiger partial charge in [-0.25, -0.2) is 13.8 Å². The molecule has 2 atom stereocenters. The van der Waals surface area contributed by atoms with E-state index in [0.29, 0.717) is 6.07 Å². The van der Waals surface area contributed by atoms with Crippen LogP contribution in [0.1, 0.15) is 48.1 Å². The number of benzene rings is 1. The first-order chi connectivity index (χ1) is 14.2. The van der Waals surface area contributed by atoms with E-state index in [4.69, 9.17) is 5.73 Å². The van der Waals surface area contributed by atoms with Gasteiger partial charge in [-0.3, -0.25) is 4.79 Å². The van der Waals surface area contributed by atoms with Crippen molar-refractivity contribution in [1.29, 1.82) is 0 Å². The van der Waals surface area contributed by atoms with Crippen LogP contribution in [-0.4, -0.2) is 33.7 Å². The van der Waals surface area contributed by atoms with Gasteiger partial charge in [0.2, 0.25) is 0 Å². The molecule has 4 N–H and O–H groups in total. The Labute approximate surface area is 176 Å². The van der Waals surface area contributed by atoms with Crippen molar-refractivity contribution in [2.45, 2.75) is 57.5 Å². The summed E-state index contributed by atoms with van der Waals surface area (Å²) >= 11 is 0. The topological polar surface area (TPSA) is 88.2 Å². The largest absolute Gasteiger partial charge is 0.433 e. The number of nitrogens with two attached hydrogens (primary N) is 1. The number of aromatic nitrogens is 1. The third-order valence-electron chi connectivity index (χ3n) is 4.36. The number of pyridine rings is 1. The minimum absolute atomic E-state index is 0.0887. The molecule has 0 aliphatic rings. The highest BCUT2D eigenvalue weighted by Gasteiger charge is 2.34. The second-order valence-electron chi connectivity index (χ2n) is 8.27. The third kappa shape index (κ3) is 6.96. The minimum atomic E-state index is -4.76. The van der Waals surface area contributed by atoms with Crippen molar-refractivity contribution in [2.24, 2.45) is 5.73 Å². The van der Waals surface area contributed by atoms with Crippen LogP contribution >= 0.6 is 0 Å². The SMILES string of the molecule is CC(C)(C)NC(=O)c1ccc(C(F)(F)F)nc1CC(O)C(N)Cc1cc(F)ccc1F. The van der Waals surface area contributed by atoms with E-state index < -0.39 is 53.5 Å². The van der Waals surface area contributed by atoms with Gasteiger partial charge in [0.1, 0.15) is 17.3 Å². The van der Waals surface area contributed by atoms with E-state index in [-0.39, 0.29) is 23.2 Å². The molecule has 5 nitrogen and oxygen atoms in total. The molecule has 170 valence electrons. The summed E-state index contributed by atoms with van der Waals surface area (Å²) in [5.41, 5.74) is 3.44. The van der Waals surface area contributed by atoms with Crippen LogP contribution in [0.25, 0.3) is 0 Å². The van der Waals surface area contributed by atoms with Gasteiger partial charge in [-0.2, -0.15) is 13.2 Å². The summed E-state index contributed by atoms with van der Waals surface area (Å²) < 4.78 is 66.5. The Hall–Kier alpha value is -2.59. The fraction of sp³-hybridized carbons (Fsp3) is 0.429. The van der Waals surface area contributed by atoms with E-state index in [1.54, 1.807) is 20.8 Å². The molecule has 2 rings (SSSR count). The lowest BCUT2D eigenvalue weighted by Gasteiger charge is -2.23. The molecule has 0 radical (unpaired) electrons. The zero-order valence-corrected chi connectivity index (χ0v) is 17.2. The van der Waals surface area contributed by atoms with Crippen LogP contribution in [0, 0.1) is 11.6 Å². The molecular formula is C21H24F5N3O2. The summed E-state index contributed by atoms with van der Waals surface area (Å²) in [5, 5.41) is 13.1. The zero-order valence-electron chi connectivity index (χ0n) is 17.2. The summed E-state index contributed by atoms with van der Waals surface area (Å²) in [6.45, 7) is 5.08. The molecule has 0 aliphatic heterocycles. The first kappa shape index (κ1) is 24.7. The molecule has 0 aliphatic carbocycles. The van der Waals surface area contributed by atoms with Gasteiger partial charge in [0.05, 0.1) is 17.4 Å². The van der Waals surface area contributed by atoms with E-state index >= 15 is 0 Å². The molecule has 1 aromatic heterocycles. The van der Waals surface area contributed by atoms with E-state index in [2.05, 4.69) is 10.3 Å². The van der Waals surface area contributed by atoms with Gasteiger partial charge in [-0.1, -0.05) is 0 Å². The van der Waals surface area contributed by atoms with Crippen molar-refractivity contribution in [1.82, 2.24) is 10.3 Å². The average Bonchev–Trinajstić information content (AvgIpc) is 2.62. The third-order valence-corrected chi connectivity index (χ3v) is 4.36. The lowest BCUT2D eigenvalue weighted by molar-refractivity contribution is -0.141. The monoisotopic (exact) mass is 445 g/mol. The molecule has 2 unspecified atom stereocenters. The van der Waals surface area contributed by atoms with Crippen molar-refractivity contribution in [2.75, 3.05) is 0 Å². The summed E-state index contributed by atoms with van der Waals surface area (Å²) in [4.78, 5) is 16.1. The van der Waals surface area contributed by atoms with E-state index in [0.717, 1.165) is 24.3 Å². The number of nitrogens with one attached hydrogen (secondary N) is 1. The molecule has 0 spiro atoms. The van der Waals surface area contributed by atoms with Gasteiger partial charge in [0.15, 0.2) is 0 Å². The first-order valence-corrected chi connectivity index (χ1v) is 9.44. The summed E-state index contributed by atoms with van der Waals surface area (Å²) in [5.74, 6) is -2.09. The van der Waals surface area contributed by atoms with Crippen molar-refractivity contribution in [3.8, 4) is 0 Å². The Morgan fingerprint density at radius 2 is 1.77 bits per heavy atom. The average molecular weight is 445 g/mol. The molecule has 1 aromatic carbocycles. The highest BCUT2D eigenvalue weighted by atomic mass is 19.4. The van der Waals surface area contributed by atoms with Gasteiger partial charge in [-0.15, -0.1) is 0 Å². The Morgan fingerprint density at radius 3 is 2.35 bits per heavy atom.